The molecule has 1 N–H and O–H groups in total. The number of aromatic carboxylic acids is 1. The molecule has 3 heteroatoms. The maximum atomic E-state index is 11.3. The molecule has 0 amide bonds. The third-order valence-corrected chi connectivity index (χ3v) is 3.27. The Morgan fingerprint density at radius 2 is 1.58 bits per heavy atom. The number of hydrogen-bond acceptors (Lipinski definition) is 2. The molecule has 0 saturated heterocycles. The van der Waals surface area contributed by atoms with E-state index in [-0.39, 0.29) is 5.56 Å². The smallest absolute Gasteiger partial charge is 0.336 e. The number of fused-ring (bicyclic) bond motifs is 2. The summed E-state index contributed by atoms with van der Waals surface area (Å²) in [5.41, 5.74) is 0.720. The van der Waals surface area contributed by atoms with Gasteiger partial charge in [-0.25, -0.2) is 4.79 Å². The fourth-order valence-electron chi connectivity index (χ4n) is 2.34. The van der Waals surface area contributed by atoms with Gasteiger partial charge in [0.25, 0.3) is 0 Å². The van der Waals surface area contributed by atoms with Gasteiger partial charge >= 0.3 is 5.97 Å². The molecule has 0 aromatic heterocycles. The molecule has 0 atom stereocenters. The van der Waals surface area contributed by atoms with Crippen LogP contribution in [-0.2, 0) is 0 Å². The Bertz CT molecular complexity index is 819. The minimum Gasteiger partial charge on any atom is -0.478 e. The van der Waals surface area contributed by atoms with Gasteiger partial charge in [-0.3, -0.25) is 4.79 Å². The topological polar surface area (TPSA) is 54.4 Å². The van der Waals surface area contributed by atoms with Gasteiger partial charge in [-0.05, 0) is 39.7 Å². The van der Waals surface area contributed by atoms with Gasteiger partial charge in [0.2, 0.25) is 0 Å². The minimum atomic E-state index is -0.988. The second-order valence-corrected chi connectivity index (χ2v) is 4.37. The highest BCUT2D eigenvalue weighted by Gasteiger charge is 2.11. The minimum absolute atomic E-state index is 0.214. The number of carboxylic acids is 1. The van der Waals surface area contributed by atoms with Gasteiger partial charge in [-0.2, -0.15) is 0 Å². The van der Waals surface area contributed by atoms with Crippen LogP contribution in [0.15, 0.2) is 48.5 Å². The van der Waals surface area contributed by atoms with Crippen molar-refractivity contribution < 1.29 is 14.7 Å². The van der Waals surface area contributed by atoms with Crippen molar-refractivity contribution >= 4 is 33.8 Å². The van der Waals surface area contributed by atoms with Crippen LogP contribution in [0.5, 0.6) is 0 Å². The van der Waals surface area contributed by atoms with E-state index in [1.165, 1.54) is 6.07 Å². The molecule has 0 saturated carbocycles. The van der Waals surface area contributed by atoms with Gasteiger partial charge in [0.1, 0.15) is 0 Å². The lowest BCUT2D eigenvalue weighted by Gasteiger charge is -2.07. The Hall–Kier alpha value is -2.68. The summed E-state index contributed by atoms with van der Waals surface area (Å²) >= 11 is 0. The van der Waals surface area contributed by atoms with Crippen molar-refractivity contribution in [3.05, 3.63) is 59.7 Å². The van der Waals surface area contributed by atoms with E-state index in [2.05, 4.69) is 0 Å². The summed E-state index contributed by atoms with van der Waals surface area (Å²) < 4.78 is 0. The molecular weight excluding hydrogens is 240 g/mol. The van der Waals surface area contributed by atoms with E-state index in [4.69, 9.17) is 0 Å². The molecule has 0 heterocycles. The maximum absolute atomic E-state index is 11.3. The predicted molar refractivity (Wildman–Crippen MR) is 73.8 cm³/mol. The van der Waals surface area contributed by atoms with Gasteiger partial charge in [0.05, 0.1) is 5.56 Å². The van der Waals surface area contributed by atoms with Crippen LogP contribution in [0.4, 0.5) is 0 Å². The molecule has 0 bridgehead atoms. The molecule has 92 valence electrons. The van der Waals surface area contributed by atoms with E-state index >= 15 is 0 Å². The second-order valence-electron chi connectivity index (χ2n) is 4.37. The average Bonchev–Trinajstić information content (AvgIpc) is 2.43. The monoisotopic (exact) mass is 250 g/mol. The van der Waals surface area contributed by atoms with Crippen LogP contribution in [0.25, 0.3) is 21.5 Å². The summed E-state index contributed by atoms with van der Waals surface area (Å²) in [6, 6.07) is 14.4. The molecule has 0 radical (unpaired) electrons. The fourth-order valence-corrected chi connectivity index (χ4v) is 2.34. The summed E-state index contributed by atoms with van der Waals surface area (Å²) in [5.74, 6) is -0.988. The molecule has 0 unspecified atom stereocenters. The second kappa shape index (κ2) is 4.21. The Labute approximate surface area is 109 Å². The van der Waals surface area contributed by atoms with Crippen LogP contribution in [0.1, 0.15) is 20.7 Å². The lowest BCUT2D eigenvalue weighted by molar-refractivity contribution is 0.0698. The molecule has 0 aliphatic carbocycles. The van der Waals surface area contributed by atoms with E-state index in [1.807, 2.05) is 36.4 Å². The van der Waals surface area contributed by atoms with Gasteiger partial charge in [-0.15, -0.1) is 0 Å². The van der Waals surface area contributed by atoms with Crippen molar-refractivity contribution in [2.24, 2.45) is 0 Å². The molecule has 19 heavy (non-hydrogen) atoms. The highest BCUT2D eigenvalue weighted by Crippen LogP contribution is 2.27. The van der Waals surface area contributed by atoms with Crippen LogP contribution in [0, 0.1) is 0 Å². The molecule has 3 aromatic carbocycles. The van der Waals surface area contributed by atoms with Gasteiger partial charge < -0.3 is 5.11 Å². The highest BCUT2D eigenvalue weighted by molar-refractivity contribution is 6.12. The zero-order valence-corrected chi connectivity index (χ0v) is 9.96. The van der Waals surface area contributed by atoms with Crippen molar-refractivity contribution in [3.63, 3.8) is 0 Å². The number of benzene rings is 3. The maximum Gasteiger partial charge on any atom is 0.336 e. The zero-order chi connectivity index (χ0) is 13.4. The van der Waals surface area contributed by atoms with Crippen LogP contribution < -0.4 is 0 Å². The molecule has 3 rings (SSSR count). The van der Waals surface area contributed by atoms with Crippen LogP contribution in [-0.4, -0.2) is 17.4 Å². The van der Waals surface area contributed by atoms with E-state index in [9.17, 15) is 14.7 Å². The number of carbonyl (C=O) groups is 2. The normalized spacial score (nSPS) is 10.7. The molecule has 3 aromatic rings. The van der Waals surface area contributed by atoms with Crippen LogP contribution in [0.3, 0.4) is 0 Å². The standard InChI is InChI=1S/C16H10O3/c17-9-12-5-6-13(16(18)19)15-8-11-4-2-1-3-10(11)7-14(12)15/h1-9H,(H,18,19). The summed E-state index contributed by atoms with van der Waals surface area (Å²) in [6.45, 7) is 0. The number of carboxylic acid groups (broad SMARTS) is 1. The van der Waals surface area contributed by atoms with E-state index < -0.39 is 5.97 Å². The molecule has 0 aliphatic heterocycles. The Morgan fingerprint density at radius 3 is 2.16 bits per heavy atom. The van der Waals surface area contributed by atoms with E-state index in [0.717, 1.165) is 17.1 Å². The lowest BCUT2D eigenvalue weighted by atomic mass is 9.96. The Kier molecular flexibility index (Phi) is 2.53. The number of carbonyl (C=O) groups excluding carboxylic acids is 1. The highest BCUT2D eigenvalue weighted by atomic mass is 16.4. The quantitative estimate of drug-likeness (QED) is 0.559. The Morgan fingerprint density at radius 1 is 0.947 bits per heavy atom. The first-order valence-corrected chi connectivity index (χ1v) is 5.84. The lowest BCUT2D eigenvalue weighted by Crippen LogP contribution is -1.99. The first kappa shape index (κ1) is 11.4. The van der Waals surface area contributed by atoms with Gasteiger partial charge in [0, 0.05) is 5.56 Å². The van der Waals surface area contributed by atoms with E-state index in [1.54, 1.807) is 6.07 Å². The largest absolute Gasteiger partial charge is 0.478 e. The first-order valence-electron chi connectivity index (χ1n) is 5.84. The van der Waals surface area contributed by atoms with Gasteiger partial charge in [-0.1, -0.05) is 30.3 Å². The molecular formula is C16H10O3. The molecule has 0 spiro atoms. The zero-order valence-electron chi connectivity index (χ0n) is 9.96. The van der Waals surface area contributed by atoms with Crippen molar-refractivity contribution in [2.75, 3.05) is 0 Å². The third-order valence-electron chi connectivity index (χ3n) is 3.27. The van der Waals surface area contributed by atoms with Crippen molar-refractivity contribution in [1.29, 1.82) is 0 Å². The molecule has 0 fully saturated rings. The summed E-state index contributed by atoms with van der Waals surface area (Å²) in [6.07, 6.45) is 0.753. The molecule has 3 nitrogen and oxygen atoms in total. The predicted octanol–water partition coefficient (Wildman–Crippen LogP) is 3.50. The number of rotatable bonds is 2. The number of hydrogen-bond donors (Lipinski definition) is 1. The number of aldehydes is 1. The van der Waals surface area contributed by atoms with Crippen LogP contribution >= 0.6 is 0 Å². The summed E-state index contributed by atoms with van der Waals surface area (Å²) in [5, 5.41) is 12.4. The third kappa shape index (κ3) is 1.76. The van der Waals surface area contributed by atoms with Crippen molar-refractivity contribution in [3.8, 4) is 0 Å². The molecule has 0 aliphatic rings. The van der Waals surface area contributed by atoms with Crippen LogP contribution in [0.2, 0.25) is 0 Å². The van der Waals surface area contributed by atoms with E-state index in [0.29, 0.717) is 16.3 Å². The van der Waals surface area contributed by atoms with Crippen molar-refractivity contribution in [2.45, 2.75) is 0 Å². The fraction of sp³-hybridized carbons (Fsp3) is 0. The first-order chi connectivity index (χ1) is 9.20. The Balaban J connectivity index is 2.53. The summed E-state index contributed by atoms with van der Waals surface area (Å²) in [7, 11) is 0. The SMILES string of the molecule is O=Cc1ccc(C(=O)O)c2cc3ccccc3cc12. The van der Waals surface area contributed by atoms with Gasteiger partial charge in [0.15, 0.2) is 6.29 Å². The summed E-state index contributed by atoms with van der Waals surface area (Å²) in [4.78, 5) is 22.4. The average molecular weight is 250 g/mol. The van der Waals surface area contributed by atoms with Crippen molar-refractivity contribution in [1.82, 2.24) is 0 Å².